The lowest BCUT2D eigenvalue weighted by Gasteiger charge is -2.03. The first-order chi connectivity index (χ1) is 6.84. The van der Waals surface area contributed by atoms with Gasteiger partial charge in [-0.25, -0.2) is 4.98 Å². The first-order valence-electron chi connectivity index (χ1n) is 4.35. The normalized spacial score (nSPS) is 10.4. The molecule has 0 aliphatic carbocycles. The molecule has 0 fully saturated rings. The molecule has 2 N–H and O–H groups in total. The third kappa shape index (κ3) is 4.28. The molecule has 0 radical (unpaired) electrons. The molecule has 0 unspecified atom stereocenters. The van der Waals surface area contributed by atoms with E-state index in [1.807, 2.05) is 12.1 Å². The van der Waals surface area contributed by atoms with Crippen LogP contribution in [0.1, 0.15) is 0 Å². The summed E-state index contributed by atoms with van der Waals surface area (Å²) < 4.78 is 5.23. The second-order valence-corrected chi connectivity index (χ2v) is 4.03. The van der Waals surface area contributed by atoms with Crippen molar-refractivity contribution >= 4 is 23.4 Å². The third-order valence-electron chi connectivity index (χ3n) is 1.45. The van der Waals surface area contributed by atoms with Gasteiger partial charge in [0.1, 0.15) is 5.03 Å². The van der Waals surface area contributed by atoms with E-state index < -0.39 is 0 Å². The first kappa shape index (κ1) is 11.8. The largest absolute Gasteiger partial charge is 0.379 e. The van der Waals surface area contributed by atoms with Crippen molar-refractivity contribution in [1.82, 2.24) is 4.98 Å². The molecule has 1 heterocycles. The predicted molar refractivity (Wildman–Crippen MR) is 59.8 cm³/mol. The molecule has 0 aliphatic rings. The molecule has 78 valence electrons. The summed E-state index contributed by atoms with van der Waals surface area (Å²) in [7, 11) is 0. The molecule has 0 amide bonds. The Labute approximate surface area is 93.0 Å². The fraction of sp³-hybridized carbons (Fsp3) is 0.444. The summed E-state index contributed by atoms with van der Waals surface area (Å²) in [6.45, 7) is 1.85. The van der Waals surface area contributed by atoms with Crippen LogP contribution in [0.4, 0.5) is 0 Å². The van der Waals surface area contributed by atoms with Gasteiger partial charge in [0.25, 0.3) is 0 Å². The van der Waals surface area contributed by atoms with Gasteiger partial charge in [0, 0.05) is 18.5 Å². The Kier molecular flexibility index (Phi) is 5.94. The van der Waals surface area contributed by atoms with Crippen LogP contribution >= 0.6 is 23.4 Å². The number of hydrogen-bond donors (Lipinski definition) is 1. The average molecular weight is 233 g/mol. The minimum Gasteiger partial charge on any atom is -0.379 e. The van der Waals surface area contributed by atoms with Crippen molar-refractivity contribution in [3.8, 4) is 0 Å². The van der Waals surface area contributed by atoms with Crippen molar-refractivity contribution in [3.05, 3.63) is 23.4 Å². The molecule has 0 saturated heterocycles. The van der Waals surface area contributed by atoms with Crippen molar-refractivity contribution in [2.24, 2.45) is 5.73 Å². The fourth-order valence-electron chi connectivity index (χ4n) is 0.860. The van der Waals surface area contributed by atoms with Crippen LogP contribution in [0, 0.1) is 0 Å². The van der Waals surface area contributed by atoms with Crippen molar-refractivity contribution in [2.75, 3.05) is 25.5 Å². The quantitative estimate of drug-likeness (QED) is 0.600. The van der Waals surface area contributed by atoms with Gasteiger partial charge in [0.05, 0.1) is 18.2 Å². The van der Waals surface area contributed by atoms with Crippen molar-refractivity contribution in [2.45, 2.75) is 5.03 Å². The molecular formula is C9H13ClN2OS. The van der Waals surface area contributed by atoms with Crippen LogP contribution in [0.15, 0.2) is 23.4 Å². The second kappa shape index (κ2) is 7.06. The summed E-state index contributed by atoms with van der Waals surface area (Å²) in [5, 5.41) is 1.54. The molecule has 0 atom stereocenters. The second-order valence-electron chi connectivity index (χ2n) is 2.54. The van der Waals surface area contributed by atoms with Crippen LogP contribution < -0.4 is 5.73 Å². The Balaban J connectivity index is 2.21. The summed E-state index contributed by atoms with van der Waals surface area (Å²) in [5.41, 5.74) is 5.28. The minimum absolute atomic E-state index is 0.564. The van der Waals surface area contributed by atoms with E-state index in [0.717, 1.165) is 10.8 Å². The van der Waals surface area contributed by atoms with E-state index in [-0.39, 0.29) is 0 Å². The summed E-state index contributed by atoms with van der Waals surface area (Å²) in [6.07, 6.45) is 1.73. The lowest BCUT2D eigenvalue weighted by molar-refractivity contribution is 0.158. The summed E-state index contributed by atoms with van der Waals surface area (Å²) >= 11 is 7.51. The topological polar surface area (TPSA) is 48.1 Å². The Morgan fingerprint density at radius 2 is 2.36 bits per heavy atom. The van der Waals surface area contributed by atoms with Crippen LogP contribution in [-0.2, 0) is 4.74 Å². The summed E-state index contributed by atoms with van der Waals surface area (Å²) in [4.78, 5) is 4.15. The lowest BCUT2D eigenvalue weighted by Crippen LogP contribution is -2.09. The Hall–Kier alpha value is -0.290. The molecule has 1 rings (SSSR count). The highest BCUT2D eigenvalue weighted by molar-refractivity contribution is 7.99. The maximum atomic E-state index is 5.92. The Bertz CT molecular complexity index is 273. The van der Waals surface area contributed by atoms with E-state index in [2.05, 4.69) is 4.98 Å². The van der Waals surface area contributed by atoms with Crippen molar-refractivity contribution < 1.29 is 4.74 Å². The first-order valence-corrected chi connectivity index (χ1v) is 5.72. The molecule has 1 aromatic rings. The maximum absolute atomic E-state index is 5.92. The highest BCUT2D eigenvalue weighted by atomic mass is 35.5. The number of pyridine rings is 1. The van der Waals surface area contributed by atoms with Gasteiger partial charge in [-0.15, -0.1) is 11.8 Å². The van der Waals surface area contributed by atoms with Crippen LogP contribution in [0.3, 0.4) is 0 Å². The number of aromatic nitrogens is 1. The highest BCUT2D eigenvalue weighted by Gasteiger charge is 2.00. The van der Waals surface area contributed by atoms with Gasteiger partial charge < -0.3 is 10.5 Å². The highest BCUT2D eigenvalue weighted by Crippen LogP contribution is 2.23. The molecule has 14 heavy (non-hydrogen) atoms. The standard InChI is InChI=1S/C9H13ClN2OS/c10-8-2-1-4-12-9(8)14-7-6-13-5-3-11/h1-2,4H,3,5-7,11H2. The number of ether oxygens (including phenoxy) is 1. The van der Waals surface area contributed by atoms with Gasteiger partial charge in [-0.3, -0.25) is 0 Å². The van der Waals surface area contributed by atoms with Gasteiger partial charge in [0.15, 0.2) is 0 Å². The zero-order valence-electron chi connectivity index (χ0n) is 7.78. The SMILES string of the molecule is NCCOCCSc1ncccc1Cl. The third-order valence-corrected chi connectivity index (χ3v) is 2.84. The lowest BCUT2D eigenvalue weighted by atomic mass is 10.5. The van der Waals surface area contributed by atoms with Gasteiger partial charge in [0.2, 0.25) is 0 Å². The van der Waals surface area contributed by atoms with E-state index in [1.165, 1.54) is 0 Å². The molecule has 0 aromatic carbocycles. The van der Waals surface area contributed by atoms with E-state index in [1.54, 1.807) is 18.0 Å². The van der Waals surface area contributed by atoms with Gasteiger partial charge in [-0.2, -0.15) is 0 Å². The van der Waals surface area contributed by atoms with Crippen LogP contribution in [0.5, 0.6) is 0 Å². The summed E-state index contributed by atoms with van der Waals surface area (Å²) in [5.74, 6) is 0.844. The van der Waals surface area contributed by atoms with E-state index >= 15 is 0 Å². The number of nitrogens with zero attached hydrogens (tertiary/aromatic N) is 1. The maximum Gasteiger partial charge on any atom is 0.115 e. The van der Waals surface area contributed by atoms with Crippen LogP contribution in [0.25, 0.3) is 0 Å². The smallest absolute Gasteiger partial charge is 0.115 e. The van der Waals surface area contributed by atoms with Crippen molar-refractivity contribution in [1.29, 1.82) is 0 Å². The number of rotatable bonds is 6. The van der Waals surface area contributed by atoms with Gasteiger partial charge in [-0.05, 0) is 12.1 Å². The Morgan fingerprint density at radius 1 is 1.50 bits per heavy atom. The van der Waals surface area contributed by atoms with E-state index in [9.17, 15) is 0 Å². The molecule has 0 aliphatic heterocycles. The van der Waals surface area contributed by atoms with Gasteiger partial charge >= 0.3 is 0 Å². The molecule has 5 heteroatoms. The Morgan fingerprint density at radius 3 is 3.07 bits per heavy atom. The number of hydrogen-bond acceptors (Lipinski definition) is 4. The predicted octanol–water partition coefficient (Wildman–Crippen LogP) is 1.80. The monoisotopic (exact) mass is 232 g/mol. The summed E-state index contributed by atoms with van der Waals surface area (Å²) in [6, 6.07) is 3.65. The fourth-order valence-corrected chi connectivity index (χ4v) is 1.88. The molecule has 0 spiro atoms. The number of nitrogens with two attached hydrogens (primary N) is 1. The van der Waals surface area contributed by atoms with Crippen molar-refractivity contribution in [3.63, 3.8) is 0 Å². The zero-order chi connectivity index (χ0) is 10.2. The molecule has 1 aromatic heterocycles. The molecule has 0 bridgehead atoms. The number of thioether (sulfide) groups is 1. The minimum atomic E-state index is 0.564. The van der Waals surface area contributed by atoms with E-state index in [0.29, 0.717) is 24.8 Å². The zero-order valence-corrected chi connectivity index (χ0v) is 9.35. The molecule has 0 saturated carbocycles. The van der Waals surface area contributed by atoms with Crippen LogP contribution in [-0.4, -0.2) is 30.5 Å². The van der Waals surface area contributed by atoms with E-state index in [4.69, 9.17) is 22.1 Å². The van der Waals surface area contributed by atoms with Gasteiger partial charge in [-0.1, -0.05) is 11.6 Å². The van der Waals surface area contributed by atoms with Crippen LogP contribution in [0.2, 0.25) is 5.02 Å². The molecular weight excluding hydrogens is 220 g/mol. The average Bonchev–Trinajstić information content (AvgIpc) is 2.20. The molecule has 3 nitrogen and oxygen atoms in total. The number of halogens is 1.